The van der Waals surface area contributed by atoms with Crippen LogP contribution in [0.3, 0.4) is 0 Å². The Hall–Kier alpha value is -1.74. The van der Waals surface area contributed by atoms with Gasteiger partial charge < -0.3 is 0 Å². The van der Waals surface area contributed by atoms with Crippen molar-refractivity contribution < 1.29 is 8.78 Å². The second-order valence-corrected chi connectivity index (χ2v) is 8.93. The summed E-state index contributed by atoms with van der Waals surface area (Å²) in [6.45, 7) is 13.6. The molecule has 0 amide bonds. The average molecular weight is 374 g/mol. The van der Waals surface area contributed by atoms with Gasteiger partial charge in [-0.05, 0) is 59.5 Å². The van der Waals surface area contributed by atoms with Crippen LogP contribution >= 0.6 is 0 Å². The highest BCUT2D eigenvalue weighted by atomic mass is 19.2. The molecule has 0 radical (unpaired) electrons. The third-order valence-electron chi connectivity index (χ3n) is 4.77. The van der Waals surface area contributed by atoms with Crippen molar-refractivity contribution >= 4 is 0 Å². The van der Waals surface area contributed by atoms with Gasteiger partial charge in [-0.3, -0.25) is 4.90 Å². The van der Waals surface area contributed by atoms with E-state index in [1.807, 2.05) is 0 Å². The topological polar surface area (TPSA) is 3.24 Å². The van der Waals surface area contributed by atoms with Gasteiger partial charge in [-0.15, -0.1) is 0 Å². The van der Waals surface area contributed by atoms with Gasteiger partial charge in [0.25, 0.3) is 0 Å². The van der Waals surface area contributed by atoms with Gasteiger partial charge in [-0.2, -0.15) is 0 Å². The van der Waals surface area contributed by atoms with E-state index in [2.05, 4.69) is 63.8 Å². The van der Waals surface area contributed by atoms with Gasteiger partial charge in [0.05, 0.1) is 0 Å². The van der Waals surface area contributed by atoms with Crippen LogP contribution in [-0.2, 0) is 18.4 Å². The number of halogens is 2. The highest BCUT2D eigenvalue weighted by Crippen LogP contribution is 2.22. The Kier molecular flexibility index (Phi) is 7.55. The second-order valence-electron chi connectivity index (χ2n) is 8.93. The van der Waals surface area contributed by atoms with Crippen LogP contribution < -0.4 is 0 Å². The summed E-state index contributed by atoms with van der Waals surface area (Å²) < 4.78 is 26.6. The zero-order valence-electron chi connectivity index (χ0n) is 17.4. The molecule has 0 saturated carbocycles. The minimum Gasteiger partial charge on any atom is -0.299 e. The Balaban J connectivity index is 1.93. The van der Waals surface area contributed by atoms with E-state index in [1.165, 1.54) is 23.3 Å². The first-order valence-electron chi connectivity index (χ1n) is 9.91. The molecule has 0 spiro atoms. The van der Waals surface area contributed by atoms with Crippen molar-refractivity contribution in [2.75, 3.05) is 13.1 Å². The molecule has 0 aromatic heterocycles. The molecule has 0 aliphatic heterocycles. The highest BCUT2D eigenvalue weighted by molar-refractivity contribution is 5.27. The lowest BCUT2D eigenvalue weighted by Gasteiger charge is -2.24. The fraction of sp³-hybridized carbons (Fsp3) is 0.500. The van der Waals surface area contributed by atoms with Crippen molar-refractivity contribution in [2.45, 2.75) is 59.4 Å². The van der Waals surface area contributed by atoms with Crippen LogP contribution in [-0.4, -0.2) is 18.0 Å². The predicted molar refractivity (Wildman–Crippen MR) is 110 cm³/mol. The summed E-state index contributed by atoms with van der Waals surface area (Å²) >= 11 is 0. The fourth-order valence-electron chi connectivity index (χ4n) is 3.33. The van der Waals surface area contributed by atoms with Crippen LogP contribution in [0.1, 0.15) is 57.7 Å². The number of rotatable bonds is 8. The third kappa shape index (κ3) is 7.06. The number of aryl methyl sites for hydroxylation is 1. The van der Waals surface area contributed by atoms with Crippen LogP contribution in [0.2, 0.25) is 0 Å². The van der Waals surface area contributed by atoms with E-state index in [0.717, 1.165) is 31.5 Å². The van der Waals surface area contributed by atoms with Crippen LogP contribution in [0.5, 0.6) is 0 Å². The molecule has 3 heteroatoms. The molecule has 148 valence electrons. The number of hydrogen-bond acceptors (Lipinski definition) is 1. The number of nitrogens with zero attached hydrogens (tertiary/aromatic N) is 1. The van der Waals surface area contributed by atoms with Crippen LogP contribution in [0, 0.1) is 17.6 Å². The molecule has 27 heavy (non-hydrogen) atoms. The lowest BCUT2D eigenvalue weighted by atomic mass is 9.86. The molecule has 1 nitrogen and oxygen atoms in total. The zero-order chi connectivity index (χ0) is 20.0. The molecule has 0 fully saturated rings. The third-order valence-corrected chi connectivity index (χ3v) is 4.77. The molecule has 0 N–H and O–H groups in total. The summed E-state index contributed by atoms with van der Waals surface area (Å²) in [6, 6.07) is 13.1. The highest BCUT2D eigenvalue weighted by Gasteiger charge is 2.13. The van der Waals surface area contributed by atoms with Gasteiger partial charge >= 0.3 is 0 Å². The smallest absolute Gasteiger partial charge is 0.159 e. The molecule has 0 saturated heterocycles. The quantitative estimate of drug-likeness (QED) is 0.521. The van der Waals surface area contributed by atoms with Crippen molar-refractivity contribution in [3.63, 3.8) is 0 Å². The molecule has 0 atom stereocenters. The maximum atomic E-state index is 13.5. The van der Waals surface area contributed by atoms with Gasteiger partial charge in [-0.25, -0.2) is 8.78 Å². The first kappa shape index (κ1) is 21.6. The molecule has 0 aliphatic carbocycles. The lowest BCUT2D eigenvalue weighted by molar-refractivity contribution is 0.233. The number of hydrogen-bond donors (Lipinski definition) is 0. The molecule has 2 aromatic carbocycles. The van der Waals surface area contributed by atoms with E-state index in [-0.39, 0.29) is 5.41 Å². The minimum atomic E-state index is -0.784. The van der Waals surface area contributed by atoms with Crippen molar-refractivity contribution in [3.05, 3.63) is 70.8 Å². The Bertz CT molecular complexity index is 714. The van der Waals surface area contributed by atoms with Crippen LogP contribution in [0.15, 0.2) is 42.5 Å². The Labute approximate surface area is 163 Å². The molecular formula is C24H33F2N. The minimum absolute atomic E-state index is 0.178. The van der Waals surface area contributed by atoms with Crippen molar-refractivity contribution in [1.29, 1.82) is 0 Å². The lowest BCUT2D eigenvalue weighted by Crippen LogP contribution is -2.28. The average Bonchev–Trinajstić information content (AvgIpc) is 2.57. The first-order valence-corrected chi connectivity index (χ1v) is 9.91. The van der Waals surface area contributed by atoms with Crippen molar-refractivity contribution in [2.24, 2.45) is 5.92 Å². The maximum absolute atomic E-state index is 13.5. The largest absolute Gasteiger partial charge is 0.299 e. The van der Waals surface area contributed by atoms with E-state index in [9.17, 15) is 8.78 Å². The second kappa shape index (κ2) is 9.45. The summed E-state index contributed by atoms with van der Waals surface area (Å²) in [5, 5.41) is 0. The zero-order valence-corrected chi connectivity index (χ0v) is 17.4. The molecule has 0 unspecified atom stereocenters. The van der Waals surface area contributed by atoms with Gasteiger partial charge in [0, 0.05) is 13.1 Å². The van der Waals surface area contributed by atoms with Crippen LogP contribution in [0.25, 0.3) is 0 Å². The molecule has 0 heterocycles. The Morgan fingerprint density at radius 3 is 2.07 bits per heavy atom. The standard InChI is InChI=1S/C24H33F2N/c1-18(2)16-27(17-20-10-13-22(25)23(26)15-20)14-6-7-19-8-11-21(12-9-19)24(3,4)5/h8-13,15,18H,6-7,14,16-17H2,1-5H3. The predicted octanol–water partition coefficient (Wildman–Crippen LogP) is 6.35. The fourth-order valence-corrected chi connectivity index (χ4v) is 3.33. The molecule has 2 rings (SSSR count). The van der Waals surface area contributed by atoms with Gasteiger partial charge in [-0.1, -0.05) is 65.0 Å². The molecule has 0 aliphatic rings. The molecule has 2 aromatic rings. The molecular weight excluding hydrogens is 340 g/mol. The summed E-state index contributed by atoms with van der Waals surface area (Å²) in [5.74, 6) is -1.02. The van der Waals surface area contributed by atoms with Gasteiger partial charge in [0.1, 0.15) is 0 Å². The monoisotopic (exact) mass is 373 g/mol. The van der Waals surface area contributed by atoms with E-state index in [1.54, 1.807) is 6.07 Å². The summed E-state index contributed by atoms with van der Waals surface area (Å²) in [5.41, 5.74) is 3.70. The van der Waals surface area contributed by atoms with Crippen molar-refractivity contribution in [1.82, 2.24) is 4.90 Å². The summed E-state index contributed by atoms with van der Waals surface area (Å²) in [7, 11) is 0. The van der Waals surface area contributed by atoms with E-state index >= 15 is 0 Å². The molecule has 0 bridgehead atoms. The summed E-state index contributed by atoms with van der Waals surface area (Å²) in [4.78, 5) is 2.33. The normalized spacial score (nSPS) is 12.2. The van der Waals surface area contributed by atoms with E-state index in [4.69, 9.17) is 0 Å². The van der Waals surface area contributed by atoms with Crippen molar-refractivity contribution in [3.8, 4) is 0 Å². The van der Waals surface area contributed by atoms with Gasteiger partial charge in [0.15, 0.2) is 11.6 Å². The Morgan fingerprint density at radius 1 is 0.889 bits per heavy atom. The summed E-state index contributed by atoms with van der Waals surface area (Å²) in [6.07, 6.45) is 2.07. The van der Waals surface area contributed by atoms with Gasteiger partial charge in [0.2, 0.25) is 0 Å². The number of benzene rings is 2. The first-order chi connectivity index (χ1) is 12.6. The maximum Gasteiger partial charge on any atom is 0.159 e. The Morgan fingerprint density at radius 2 is 1.52 bits per heavy atom. The van der Waals surface area contributed by atoms with Crippen LogP contribution in [0.4, 0.5) is 8.78 Å². The van der Waals surface area contributed by atoms with E-state index < -0.39 is 11.6 Å². The van der Waals surface area contributed by atoms with E-state index in [0.29, 0.717) is 12.5 Å². The SMILES string of the molecule is CC(C)CN(CCCc1ccc(C(C)(C)C)cc1)Cc1ccc(F)c(F)c1.